The van der Waals surface area contributed by atoms with Crippen LogP contribution in [0.5, 0.6) is 0 Å². The Kier molecular flexibility index (Phi) is 3.57. The molecule has 19 heavy (non-hydrogen) atoms. The van der Waals surface area contributed by atoms with Gasteiger partial charge < -0.3 is 10.3 Å². The van der Waals surface area contributed by atoms with E-state index in [4.69, 9.17) is 17.3 Å². The van der Waals surface area contributed by atoms with Gasteiger partial charge in [0, 0.05) is 6.54 Å². The Balaban J connectivity index is 2.90. The number of halogens is 3. The first kappa shape index (κ1) is 13.5. The molecule has 0 bridgehead atoms. The molecule has 0 aliphatic heterocycles. The van der Waals surface area contributed by atoms with Crippen LogP contribution in [-0.2, 0) is 6.54 Å². The van der Waals surface area contributed by atoms with Crippen LogP contribution in [0, 0.1) is 11.6 Å². The number of nitrogen functional groups attached to an aromatic ring is 1. The average Bonchev–Trinajstić information content (AvgIpc) is 2.35. The summed E-state index contributed by atoms with van der Waals surface area (Å²) in [6, 6.07) is 4.67. The summed E-state index contributed by atoms with van der Waals surface area (Å²) in [5, 5.41) is -0.0835. The molecule has 1 aromatic heterocycles. The van der Waals surface area contributed by atoms with Gasteiger partial charge in [-0.1, -0.05) is 17.7 Å². The summed E-state index contributed by atoms with van der Waals surface area (Å²) in [6.45, 7) is 1.87. The van der Waals surface area contributed by atoms with E-state index in [1.54, 1.807) is 6.92 Å². The van der Waals surface area contributed by atoms with E-state index in [1.807, 2.05) is 0 Å². The molecule has 0 fully saturated rings. The Morgan fingerprint density at radius 3 is 2.42 bits per heavy atom. The molecule has 2 aromatic rings. The van der Waals surface area contributed by atoms with Gasteiger partial charge in [-0.3, -0.25) is 4.79 Å². The first-order valence-corrected chi connectivity index (χ1v) is 5.98. The number of nitrogens with zero attached hydrogens (tertiary/aromatic N) is 1. The van der Waals surface area contributed by atoms with Gasteiger partial charge in [-0.25, -0.2) is 8.78 Å². The van der Waals surface area contributed by atoms with E-state index in [1.165, 1.54) is 12.1 Å². The Labute approximate surface area is 113 Å². The summed E-state index contributed by atoms with van der Waals surface area (Å²) in [5.41, 5.74) is 4.96. The molecule has 0 saturated carbocycles. The lowest BCUT2D eigenvalue weighted by atomic mass is 10.1. The van der Waals surface area contributed by atoms with Gasteiger partial charge >= 0.3 is 0 Å². The van der Waals surface area contributed by atoms with Crippen LogP contribution in [0.4, 0.5) is 14.5 Å². The largest absolute Gasteiger partial charge is 0.397 e. The van der Waals surface area contributed by atoms with Crippen molar-refractivity contribution in [2.75, 3.05) is 5.73 Å². The smallest absolute Gasteiger partial charge is 0.269 e. The molecule has 0 aliphatic carbocycles. The lowest BCUT2D eigenvalue weighted by Gasteiger charge is -2.15. The van der Waals surface area contributed by atoms with Gasteiger partial charge in [0.1, 0.15) is 16.7 Å². The van der Waals surface area contributed by atoms with Crippen LogP contribution in [-0.4, -0.2) is 4.57 Å². The Bertz CT molecular complexity index is 678. The minimum Gasteiger partial charge on any atom is -0.397 e. The first-order valence-electron chi connectivity index (χ1n) is 5.60. The molecule has 6 heteroatoms. The molecule has 0 saturated heterocycles. The molecular formula is C13H11ClF2N2O. The highest BCUT2D eigenvalue weighted by Gasteiger charge is 2.19. The van der Waals surface area contributed by atoms with E-state index in [9.17, 15) is 13.6 Å². The molecule has 2 rings (SSSR count). The highest BCUT2D eigenvalue weighted by Crippen LogP contribution is 2.30. The van der Waals surface area contributed by atoms with Gasteiger partial charge in [0.2, 0.25) is 0 Å². The van der Waals surface area contributed by atoms with Crippen molar-refractivity contribution in [3.63, 3.8) is 0 Å². The number of rotatable bonds is 2. The maximum atomic E-state index is 13.8. The van der Waals surface area contributed by atoms with Gasteiger partial charge in [-0.05, 0) is 25.1 Å². The molecule has 0 aliphatic rings. The monoisotopic (exact) mass is 284 g/mol. The quantitative estimate of drug-likeness (QED) is 0.921. The van der Waals surface area contributed by atoms with Crippen molar-refractivity contribution < 1.29 is 8.78 Å². The molecule has 0 spiro atoms. The fraction of sp³-hybridized carbons (Fsp3) is 0.154. The SMILES string of the molecule is CCn1c(-c2c(F)cccc2F)c(N)cc(Cl)c1=O. The highest BCUT2D eigenvalue weighted by molar-refractivity contribution is 6.30. The van der Waals surface area contributed by atoms with Crippen LogP contribution >= 0.6 is 11.6 Å². The van der Waals surface area contributed by atoms with Crippen molar-refractivity contribution in [1.29, 1.82) is 0 Å². The molecule has 0 radical (unpaired) electrons. The van der Waals surface area contributed by atoms with E-state index < -0.39 is 17.2 Å². The summed E-state index contributed by atoms with van der Waals surface area (Å²) in [5.74, 6) is -1.56. The summed E-state index contributed by atoms with van der Waals surface area (Å²) in [7, 11) is 0. The second kappa shape index (κ2) is 5.01. The topological polar surface area (TPSA) is 48.0 Å². The summed E-state index contributed by atoms with van der Waals surface area (Å²) < 4.78 is 28.8. The summed E-state index contributed by atoms with van der Waals surface area (Å²) in [6.07, 6.45) is 0. The van der Waals surface area contributed by atoms with Crippen molar-refractivity contribution in [1.82, 2.24) is 4.57 Å². The number of pyridine rings is 1. The number of benzene rings is 1. The molecule has 2 N–H and O–H groups in total. The van der Waals surface area contributed by atoms with Gasteiger partial charge in [-0.2, -0.15) is 0 Å². The maximum Gasteiger partial charge on any atom is 0.269 e. The predicted molar refractivity (Wildman–Crippen MR) is 71.2 cm³/mol. The molecular weight excluding hydrogens is 274 g/mol. The highest BCUT2D eigenvalue weighted by atomic mass is 35.5. The average molecular weight is 285 g/mol. The van der Waals surface area contributed by atoms with Crippen LogP contribution in [0.15, 0.2) is 29.1 Å². The molecule has 0 amide bonds. The Hall–Kier alpha value is -1.88. The third-order valence-electron chi connectivity index (χ3n) is 2.79. The fourth-order valence-electron chi connectivity index (χ4n) is 1.96. The van der Waals surface area contributed by atoms with Crippen LogP contribution in [0.1, 0.15) is 6.92 Å². The van der Waals surface area contributed by atoms with Gasteiger partial charge in [0.15, 0.2) is 0 Å². The van der Waals surface area contributed by atoms with Crippen LogP contribution < -0.4 is 11.3 Å². The second-order valence-electron chi connectivity index (χ2n) is 3.94. The van der Waals surface area contributed by atoms with Crippen molar-refractivity contribution in [3.05, 3.63) is 51.3 Å². The zero-order chi connectivity index (χ0) is 14.2. The van der Waals surface area contributed by atoms with Crippen molar-refractivity contribution >= 4 is 17.3 Å². The van der Waals surface area contributed by atoms with E-state index in [0.717, 1.165) is 16.7 Å². The standard InChI is InChI=1S/C13H11ClF2N2O/c1-2-18-12(10(17)6-7(14)13(18)19)11-8(15)4-3-5-9(11)16/h3-6H,2,17H2,1H3. The number of anilines is 1. The lowest BCUT2D eigenvalue weighted by molar-refractivity contribution is 0.584. The first-order chi connectivity index (χ1) is 8.97. The fourth-order valence-corrected chi connectivity index (χ4v) is 2.18. The normalized spacial score (nSPS) is 10.7. The number of nitrogens with two attached hydrogens (primary N) is 1. The second-order valence-corrected chi connectivity index (χ2v) is 4.35. The third kappa shape index (κ3) is 2.21. The molecule has 1 aromatic carbocycles. The number of hydrogen-bond donors (Lipinski definition) is 1. The van der Waals surface area contributed by atoms with Gasteiger partial charge in [0.05, 0.1) is 16.9 Å². The minimum atomic E-state index is -0.782. The van der Waals surface area contributed by atoms with Gasteiger partial charge in [-0.15, -0.1) is 0 Å². The zero-order valence-electron chi connectivity index (χ0n) is 10.1. The van der Waals surface area contributed by atoms with Crippen molar-refractivity contribution in [2.24, 2.45) is 0 Å². The van der Waals surface area contributed by atoms with E-state index in [2.05, 4.69) is 0 Å². The Morgan fingerprint density at radius 1 is 1.32 bits per heavy atom. The van der Waals surface area contributed by atoms with Gasteiger partial charge in [0.25, 0.3) is 5.56 Å². The van der Waals surface area contributed by atoms with E-state index in [0.29, 0.717) is 0 Å². The van der Waals surface area contributed by atoms with Crippen molar-refractivity contribution in [3.8, 4) is 11.3 Å². The molecule has 0 atom stereocenters. The predicted octanol–water partition coefficient (Wildman–Crippen LogP) is 3.05. The Morgan fingerprint density at radius 2 is 1.89 bits per heavy atom. The third-order valence-corrected chi connectivity index (χ3v) is 3.06. The van der Waals surface area contributed by atoms with Crippen molar-refractivity contribution in [2.45, 2.75) is 13.5 Å². The molecule has 100 valence electrons. The lowest BCUT2D eigenvalue weighted by Crippen LogP contribution is -2.23. The van der Waals surface area contributed by atoms with Crippen LogP contribution in [0.3, 0.4) is 0 Å². The zero-order valence-corrected chi connectivity index (χ0v) is 10.8. The van der Waals surface area contributed by atoms with Crippen LogP contribution in [0.25, 0.3) is 11.3 Å². The molecule has 1 heterocycles. The van der Waals surface area contributed by atoms with E-state index >= 15 is 0 Å². The van der Waals surface area contributed by atoms with E-state index in [-0.39, 0.29) is 28.5 Å². The van der Waals surface area contributed by atoms with Crippen LogP contribution in [0.2, 0.25) is 5.02 Å². The number of hydrogen-bond acceptors (Lipinski definition) is 2. The summed E-state index contributed by atoms with van der Waals surface area (Å²) >= 11 is 5.74. The summed E-state index contributed by atoms with van der Waals surface area (Å²) in [4.78, 5) is 11.9. The minimum absolute atomic E-state index is 0.00694. The number of aromatic nitrogens is 1. The molecule has 0 unspecified atom stereocenters. The maximum absolute atomic E-state index is 13.8. The molecule has 3 nitrogen and oxygen atoms in total.